The van der Waals surface area contributed by atoms with Gasteiger partial charge in [0.05, 0.1) is 23.7 Å². The Hall–Kier alpha value is -2.62. The van der Waals surface area contributed by atoms with Crippen LogP contribution in [-0.4, -0.2) is 78.2 Å². The SMILES string of the molecule is CC(C)C(=O)N1CCCC(C(=O)N2CCN(CC(=O)Nc3ccccc3C(F)(F)F)CC2)C1. The molecule has 0 saturated carbocycles. The fraction of sp³-hybridized carbons (Fsp3) is 0.609. The van der Waals surface area contributed by atoms with Gasteiger partial charge in [-0.25, -0.2) is 0 Å². The monoisotopic (exact) mass is 468 g/mol. The summed E-state index contributed by atoms with van der Waals surface area (Å²) in [5.74, 6) is -0.747. The molecule has 182 valence electrons. The second-order valence-electron chi connectivity index (χ2n) is 8.97. The summed E-state index contributed by atoms with van der Waals surface area (Å²) in [6, 6.07) is 4.88. The average molecular weight is 469 g/mol. The van der Waals surface area contributed by atoms with Crippen molar-refractivity contribution in [3.05, 3.63) is 29.8 Å². The van der Waals surface area contributed by atoms with Crippen LogP contribution >= 0.6 is 0 Å². The lowest BCUT2D eigenvalue weighted by Gasteiger charge is -2.39. The van der Waals surface area contributed by atoms with Crippen LogP contribution in [0.4, 0.5) is 18.9 Å². The van der Waals surface area contributed by atoms with Crippen LogP contribution in [0.25, 0.3) is 0 Å². The molecule has 2 saturated heterocycles. The molecule has 3 rings (SSSR count). The Morgan fingerprint density at radius 2 is 1.70 bits per heavy atom. The number of piperazine rings is 1. The van der Waals surface area contributed by atoms with Gasteiger partial charge in [-0.1, -0.05) is 26.0 Å². The molecule has 0 spiro atoms. The number of hydrogen-bond donors (Lipinski definition) is 1. The summed E-state index contributed by atoms with van der Waals surface area (Å²) < 4.78 is 39.3. The van der Waals surface area contributed by atoms with E-state index in [0.29, 0.717) is 39.3 Å². The number of alkyl halides is 3. The van der Waals surface area contributed by atoms with E-state index in [1.54, 1.807) is 9.80 Å². The van der Waals surface area contributed by atoms with Gasteiger partial charge in [0.1, 0.15) is 0 Å². The summed E-state index contributed by atoms with van der Waals surface area (Å²) in [5.41, 5.74) is -1.15. The highest BCUT2D eigenvalue weighted by molar-refractivity contribution is 5.93. The van der Waals surface area contributed by atoms with Gasteiger partial charge in [0, 0.05) is 45.2 Å². The van der Waals surface area contributed by atoms with Gasteiger partial charge in [-0.05, 0) is 25.0 Å². The Morgan fingerprint density at radius 3 is 2.33 bits per heavy atom. The van der Waals surface area contributed by atoms with Gasteiger partial charge >= 0.3 is 6.18 Å². The van der Waals surface area contributed by atoms with Crippen LogP contribution in [-0.2, 0) is 20.6 Å². The zero-order valence-corrected chi connectivity index (χ0v) is 19.0. The number of carbonyl (C=O) groups excluding carboxylic acids is 3. The summed E-state index contributed by atoms with van der Waals surface area (Å²) in [4.78, 5) is 43.0. The van der Waals surface area contributed by atoms with Crippen molar-refractivity contribution >= 4 is 23.4 Å². The van der Waals surface area contributed by atoms with Crippen LogP contribution in [0.15, 0.2) is 24.3 Å². The summed E-state index contributed by atoms with van der Waals surface area (Å²) in [5, 5.41) is 2.36. The third-order valence-corrected chi connectivity index (χ3v) is 6.13. The molecular weight excluding hydrogens is 437 g/mol. The van der Waals surface area contributed by atoms with Gasteiger partial charge < -0.3 is 15.1 Å². The maximum absolute atomic E-state index is 13.1. The van der Waals surface area contributed by atoms with E-state index in [9.17, 15) is 27.6 Å². The lowest BCUT2D eigenvalue weighted by atomic mass is 9.95. The maximum Gasteiger partial charge on any atom is 0.418 e. The van der Waals surface area contributed by atoms with E-state index in [-0.39, 0.29) is 35.9 Å². The minimum absolute atomic E-state index is 0.0273. The van der Waals surface area contributed by atoms with Gasteiger partial charge in [-0.3, -0.25) is 19.3 Å². The smallest absolute Gasteiger partial charge is 0.342 e. The number of rotatable bonds is 5. The first kappa shape index (κ1) is 25.0. The van der Waals surface area contributed by atoms with Crippen LogP contribution in [0.5, 0.6) is 0 Å². The number of anilines is 1. The van der Waals surface area contributed by atoms with E-state index < -0.39 is 17.6 Å². The Labute approximate surface area is 191 Å². The molecule has 0 aromatic heterocycles. The van der Waals surface area contributed by atoms with Crippen molar-refractivity contribution in [2.75, 3.05) is 51.1 Å². The summed E-state index contributed by atoms with van der Waals surface area (Å²) in [6.07, 6.45) is -3.00. The van der Waals surface area contributed by atoms with Crippen molar-refractivity contribution in [2.45, 2.75) is 32.9 Å². The first-order chi connectivity index (χ1) is 15.6. The molecule has 1 atom stereocenters. The fourth-order valence-corrected chi connectivity index (χ4v) is 4.36. The number of nitrogens with zero attached hydrogens (tertiary/aromatic N) is 3. The van der Waals surface area contributed by atoms with Gasteiger partial charge in [0.2, 0.25) is 17.7 Å². The van der Waals surface area contributed by atoms with Crippen molar-refractivity contribution < 1.29 is 27.6 Å². The molecular formula is C23H31F3N4O3. The fourth-order valence-electron chi connectivity index (χ4n) is 4.36. The summed E-state index contributed by atoms with van der Waals surface area (Å²) in [6.45, 7) is 6.59. The highest BCUT2D eigenvalue weighted by atomic mass is 19.4. The highest BCUT2D eigenvalue weighted by Gasteiger charge is 2.35. The predicted molar refractivity (Wildman–Crippen MR) is 117 cm³/mol. The molecule has 2 aliphatic rings. The van der Waals surface area contributed by atoms with E-state index >= 15 is 0 Å². The minimum atomic E-state index is -4.55. The van der Waals surface area contributed by atoms with Crippen LogP contribution in [0.2, 0.25) is 0 Å². The van der Waals surface area contributed by atoms with E-state index in [1.165, 1.54) is 18.2 Å². The van der Waals surface area contributed by atoms with Crippen molar-refractivity contribution in [1.82, 2.24) is 14.7 Å². The molecule has 2 fully saturated rings. The van der Waals surface area contributed by atoms with Crippen LogP contribution in [0.3, 0.4) is 0 Å². The molecule has 0 bridgehead atoms. The van der Waals surface area contributed by atoms with Crippen molar-refractivity contribution in [2.24, 2.45) is 11.8 Å². The predicted octanol–water partition coefficient (Wildman–Crippen LogP) is 2.68. The molecule has 1 unspecified atom stereocenters. The van der Waals surface area contributed by atoms with Crippen LogP contribution in [0.1, 0.15) is 32.3 Å². The van der Waals surface area contributed by atoms with Gasteiger partial charge in [0.25, 0.3) is 0 Å². The topological polar surface area (TPSA) is 73.0 Å². The van der Waals surface area contributed by atoms with Gasteiger partial charge in [-0.15, -0.1) is 0 Å². The van der Waals surface area contributed by atoms with E-state index in [0.717, 1.165) is 18.9 Å². The number of piperidine rings is 1. The van der Waals surface area contributed by atoms with Crippen molar-refractivity contribution in [3.63, 3.8) is 0 Å². The molecule has 7 nitrogen and oxygen atoms in total. The van der Waals surface area contributed by atoms with Crippen LogP contribution in [0, 0.1) is 11.8 Å². The van der Waals surface area contributed by atoms with Gasteiger partial charge in [-0.2, -0.15) is 13.2 Å². The quantitative estimate of drug-likeness (QED) is 0.721. The van der Waals surface area contributed by atoms with E-state index in [4.69, 9.17) is 0 Å². The zero-order valence-electron chi connectivity index (χ0n) is 19.0. The Kier molecular flexibility index (Phi) is 7.99. The summed E-state index contributed by atoms with van der Waals surface area (Å²) in [7, 11) is 0. The normalized spacial score (nSPS) is 20.1. The number of nitrogens with one attached hydrogen (secondary N) is 1. The average Bonchev–Trinajstić information content (AvgIpc) is 2.78. The molecule has 1 N–H and O–H groups in total. The molecule has 0 radical (unpaired) electrons. The molecule has 1 aromatic rings. The number of hydrogen-bond acceptors (Lipinski definition) is 4. The summed E-state index contributed by atoms with van der Waals surface area (Å²) >= 11 is 0. The number of benzene rings is 1. The number of likely N-dealkylation sites (tertiary alicyclic amines) is 1. The standard InChI is InChI=1S/C23H31F3N4O3/c1-16(2)21(32)30-9-5-6-17(14-30)22(33)29-12-10-28(11-13-29)15-20(31)27-19-8-4-3-7-18(19)23(24,25)26/h3-4,7-8,16-17H,5-6,9-15H2,1-2H3,(H,27,31). The largest absolute Gasteiger partial charge is 0.418 e. The molecule has 3 amide bonds. The highest BCUT2D eigenvalue weighted by Crippen LogP contribution is 2.34. The lowest BCUT2D eigenvalue weighted by Crippen LogP contribution is -2.54. The zero-order chi connectivity index (χ0) is 24.2. The third-order valence-electron chi connectivity index (χ3n) is 6.13. The maximum atomic E-state index is 13.1. The second kappa shape index (κ2) is 10.5. The van der Waals surface area contributed by atoms with Crippen molar-refractivity contribution in [1.29, 1.82) is 0 Å². The number of halogens is 3. The second-order valence-corrected chi connectivity index (χ2v) is 8.97. The molecule has 2 heterocycles. The minimum Gasteiger partial charge on any atom is -0.342 e. The van der Waals surface area contributed by atoms with E-state index in [1.807, 2.05) is 18.7 Å². The van der Waals surface area contributed by atoms with Gasteiger partial charge in [0.15, 0.2) is 0 Å². The Bertz CT molecular complexity index is 867. The number of carbonyl (C=O) groups is 3. The number of para-hydroxylation sites is 1. The third kappa shape index (κ3) is 6.46. The Balaban J connectivity index is 1.49. The lowest BCUT2D eigenvalue weighted by molar-refractivity contribution is -0.143. The van der Waals surface area contributed by atoms with Crippen molar-refractivity contribution in [3.8, 4) is 0 Å². The first-order valence-corrected chi connectivity index (χ1v) is 11.3. The molecule has 10 heteroatoms. The van der Waals surface area contributed by atoms with E-state index in [2.05, 4.69) is 5.32 Å². The number of amides is 3. The molecule has 0 aliphatic carbocycles. The molecule has 33 heavy (non-hydrogen) atoms. The Morgan fingerprint density at radius 1 is 1.03 bits per heavy atom. The molecule has 1 aromatic carbocycles. The first-order valence-electron chi connectivity index (χ1n) is 11.3. The van der Waals surface area contributed by atoms with Crippen LogP contribution < -0.4 is 5.32 Å². The molecule has 2 aliphatic heterocycles.